The number of amides is 1. The lowest BCUT2D eigenvalue weighted by Crippen LogP contribution is -2.24. The summed E-state index contributed by atoms with van der Waals surface area (Å²) in [5.41, 5.74) is 6.02. The summed E-state index contributed by atoms with van der Waals surface area (Å²) in [6.45, 7) is 4.28. The fraction of sp³-hybridized carbons (Fsp3) is 0.217. The maximum Gasteiger partial charge on any atom is 0.257 e. The van der Waals surface area contributed by atoms with E-state index < -0.39 is 0 Å². The molecule has 4 heteroatoms. The normalized spacial score (nSPS) is 15.5. The van der Waals surface area contributed by atoms with Crippen LogP contribution in [0.2, 0.25) is 0 Å². The van der Waals surface area contributed by atoms with Gasteiger partial charge in [-0.3, -0.25) is 9.78 Å². The second kappa shape index (κ2) is 7.23. The van der Waals surface area contributed by atoms with Gasteiger partial charge >= 0.3 is 0 Å². The summed E-state index contributed by atoms with van der Waals surface area (Å²) in [7, 11) is 0. The molecule has 1 amide bonds. The molecule has 2 heterocycles. The van der Waals surface area contributed by atoms with Crippen LogP contribution in [0.3, 0.4) is 0 Å². The van der Waals surface area contributed by atoms with E-state index >= 15 is 0 Å². The third kappa shape index (κ3) is 3.31. The van der Waals surface area contributed by atoms with Crippen molar-refractivity contribution in [3.05, 3.63) is 83.7 Å². The van der Waals surface area contributed by atoms with Crippen LogP contribution in [0.15, 0.2) is 67.0 Å². The van der Waals surface area contributed by atoms with E-state index in [9.17, 15) is 4.79 Å². The van der Waals surface area contributed by atoms with Crippen LogP contribution in [0.1, 0.15) is 35.3 Å². The van der Waals surface area contributed by atoms with Gasteiger partial charge in [-0.2, -0.15) is 0 Å². The molecule has 0 bridgehead atoms. The largest absolute Gasteiger partial charge is 0.337 e. The quantitative estimate of drug-likeness (QED) is 0.716. The average molecular weight is 357 g/mol. The van der Waals surface area contributed by atoms with Crippen LogP contribution in [-0.4, -0.2) is 16.9 Å². The van der Waals surface area contributed by atoms with E-state index in [0.29, 0.717) is 11.6 Å². The van der Waals surface area contributed by atoms with Crippen molar-refractivity contribution in [2.24, 2.45) is 0 Å². The van der Waals surface area contributed by atoms with Gasteiger partial charge in [0.2, 0.25) is 0 Å². The number of hydrogen-bond acceptors (Lipinski definition) is 3. The molecule has 1 N–H and O–H groups in total. The van der Waals surface area contributed by atoms with Crippen molar-refractivity contribution in [2.45, 2.75) is 32.7 Å². The van der Waals surface area contributed by atoms with E-state index in [2.05, 4.69) is 53.3 Å². The van der Waals surface area contributed by atoms with Crippen molar-refractivity contribution in [3.63, 3.8) is 0 Å². The Morgan fingerprint density at radius 1 is 1.15 bits per heavy atom. The lowest BCUT2D eigenvalue weighted by atomic mass is 10.1. The van der Waals surface area contributed by atoms with Crippen molar-refractivity contribution in [3.8, 4) is 0 Å². The van der Waals surface area contributed by atoms with E-state index in [0.717, 1.165) is 29.8 Å². The molecule has 4 nitrogen and oxygen atoms in total. The Morgan fingerprint density at radius 2 is 1.93 bits per heavy atom. The highest BCUT2D eigenvalue weighted by Gasteiger charge is 2.27. The molecule has 3 aromatic rings. The predicted molar refractivity (Wildman–Crippen MR) is 110 cm³/mol. The molecule has 2 aromatic carbocycles. The van der Waals surface area contributed by atoms with E-state index in [1.165, 1.54) is 11.3 Å². The SMILES string of the molecule is CCc1ccccc1NC(=O)c1cncc(N2c3ccccc3CC2C)c1. The first-order valence-corrected chi connectivity index (χ1v) is 9.39. The molecule has 4 rings (SSSR count). The van der Waals surface area contributed by atoms with Crippen LogP contribution in [0, 0.1) is 0 Å². The number of benzene rings is 2. The summed E-state index contributed by atoms with van der Waals surface area (Å²) in [5, 5.41) is 3.03. The number of hydrogen-bond donors (Lipinski definition) is 1. The van der Waals surface area contributed by atoms with Crippen LogP contribution < -0.4 is 10.2 Å². The van der Waals surface area contributed by atoms with Gasteiger partial charge in [0.25, 0.3) is 5.91 Å². The molecule has 0 spiro atoms. The first-order chi connectivity index (χ1) is 13.2. The number of aryl methyl sites for hydroxylation is 1. The molecule has 1 aliphatic heterocycles. The van der Waals surface area contributed by atoms with Gasteiger partial charge in [-0.25, -0.2) is 0 Å². The zero-order valence-electron chi connectivity index (χ0n) is 15.6. The van der Waals surface area contributed by atoms with Gasteiger partial charge in [0, 0.05) is 23.6 Å². The molecular formula is C23H23N3O. The molecule has 0 aliphatic carbocycles. The maximum absolute atomic E-state index is 12.8. The molecule has 0 fully saturated rings. The fourth-order valence-electron chi connectivity index (χ4n) is 3.79. The number of rotatable bonds is 4. The highest BCUT2D eigenvalue weighted by molar-refractivity contribution is 6.05. The number of nitrogens with one attached hydrogen (secondary N) is 1. The highest BCUT2D eigenvalue weighted by atomic mass is 16.1. The smallest absolute Gasteiger partial charge is 0.257 e. The van der Waals surface area contributed by atoms with Crippen molar-refractivity contribution in [2.75, 3.05) is 10.2 Å². The Morgan fingerprint density at radius 3 is 2.78 bits per heavy atom. The van der Waals surface area contributed by atoms with Crippen LogP contribution in [-0.2, 0) is 12.8 Å². The predicted octanol–water partition coefficient (Wildman–Crippen LogP) is 4.98. The molecule has 136 valence electrons. The molecule has 0 saturated carbocycles. The molecule has 1 aromatic heterocycles. The van der Waals surface area contributed by atoms with E-state index in [1.54, 1.807) is 6.20 Å². The van der Waals surface area contributed by atoms with Gasteiger partial charge in [-0.15, -0.1) is 0 Å². The Balaban J connectivity index is 1.62. The maximum atomic E-state index is 12.8. The van der Waals surface area contributed by atoms with Gasteiger partial charge in [0.15, 0.2) is 0 Å². The highest BCUT2D eigenvalue weighted by Crippen LogP contribution is 2.37. The molecule has 1 atom stereocenters. The topological polar surface area (TPSA) is 45.2 Å². The summed E-state index contributed by atoms with van der Waals surface area (Å²) in [6, 6.07) is 18.6. The average Bonchev–Trinajstić information content (AvgIpc) is 3.04. The lowest BCUT2D eigenvalue weighted by Gasteiger charge is -2.25. The number of fused-ring (bicyclic) bond motifs is 1. The zero-order valence-corrected chi connectivity index (χ0v) is 15.6. The minimum Gasteiger partial charge on any atom is -0.337 e. The Bertz CT molecular complexity index is 983. The molecule has 0 saturated heterocycles. The molecule has 27 heavy (non-hydrogen) atoms. The summed E-state index contributed by atoms with van der Waals surface area (Å²) >= 11 is 0. The monoisotopic (exact) mass is 357 g/mol. The number of pyridine rings is 1. The second-order valence-corrected chi connectivity index (χ2v) is 6.95. The first kappa shape index (κ1) is 17.3. The third-order valence-corrected chi connectivity index (χ3v) is 5.12. The number of carbonyl (C=O) groups excluding carboxylic acids is 1. The van der Waals surface area contributed by atoms with Crippen molar-refractivity contribution >= 4 is 23.0 Å². The summed E-state index contributed by atoms with van der Waals surface area (Å²) in [5.74, 6) is -0.134. The zero-order chi connectivity index (χ0) is 18.8. The lowest BCUT2D eigenvalue weighted by molar-refractivity contribution is 0.102. The molecular weight excluding hydrogens is 334 g/mol. The van der Waals surface area contributed by atoms with Crippen LogP contribution >= 0.6 is 0 Å². The van der Waals surface area contributed by atoms with Crippen molar-refractivity contribution < 1.29 is 4.79 Å². The van der Waals surface area contributed by atoms with Crippen LogP contribution in [0.5, 0.6) is 0 Å². The van der Waals surface area contributed by atoms with Gasteiger partial charge in [0.1, 0.15) is 0 Å². The van der Waals surface area contributed by atoms with Crippen molar-refractivity contribution in [1.29, 1.82) is 0 Å². The molecule has 0 radical (unpaired) electrons. The third-order valence-electron chi connectivity index (χ3n) is 5.12. The van der Waals surface area contributed by atoms with E-state index in [4.69, 9.17) is 0 Å². The Hall–Kier alpha value is -3.14. The number of nitrogens with zero attached hydrogens (tertiary/aromatic N) is 2. The van der Waals surface area contributed by atoms with Crippen LogP contribution in [0.25, 0.3) is 0 Å². The number of anilines is 3. The van der Waals surface area contributed by atoms with Crippen molar-refractivity contribution in [1.82, 2.24) is 4.98 Å². The van der Waals surface area contributed by atoms with Gasteiger partial charge in [0.05, 0.1) is 17.4 Å². The van der Waals surface area contributed by atoms with Crippen LogP contribution in [0.4, 0.5) is 17.1 Å². The Labute approximate surface area is 159 Å². The Kier molecular flexibility index (Phi) is 4.63. The standard InChI is InChI=1S/C23H23N3O/c1-3-17-8-4-6-10-21(17)25-23(27)19-13-20(15-24-14-19)26-16(2)12-18-9-5-7-11-22(18)26/h4-11,13-16H,3,12H2,1-2H3,(H,25,27). The second-order valence-electron chi connectivity index (χ2n) is 6.95. The van der Waals surface area contributed by atoms with E-state index in [1.807, 2.05) is 36.5 Å². The summed E-state index contributed by atoms with van der Waals surface area (Å²) in [4.78, 5) is 19.4. The summed E-state index contributed by atoms with van der Waals surface area (Å²) in [6.07, 6.45) is 5.32. The number of aromatic nitrogens is 1. The first-order valence-electron chi connectivity index (χ1n) is 9.39. The summed E-state index contributed by atoms with van der Waals surface area (Å²) < 4.78 is 0. The molecule has 1 unspecified atom stereocenters. The van der Waals surface area contributed by atoms with Gasteiger partial charge < -0.3 is 10.2 Å². The minimum absolute atomic E-state index is 0.134. The number of carbonyl (C=O) groups is 1. The minimum atomic E-state index is -0.134. The molecule has 1 aliphatic rings. The van der Waals surface area contributed by atoms with Gasteiger partial charge in [-0.1, -0.05) is 43.3 Å². The fourth-order valence-corrected chi connectivity index (χ4v) is 3.79. The van der Waals surface area contributed by atoms with Gasteiger partial charge in [-0.05, 0) is 49.1 Å². The number of para-hydroxylation sites is 2. The van der Waals surface area contributed by atoms with E-state index in [-0.39, 0.29) is 5.91 Å².